The van der Waals surface area contributed by atoms with E-state index in [1.54, 1.807) is 0 Å². The van der Waals surface area contributed by atoms with Crippen LogP contribution in [0.15, 0.2) is 12.2 Å². The Labute approximate surface area is 145 Å². The first-order chi connectivity index (χ1) is 11.7. The molecule has 0 saturated carbocycles. The van der Waals surface area contributed by atoms with Crippen molar-refractivity contribution in [3.8, 4) is 12.3 Å². The summed E-state index contributed by atoms with van der Waals surface area (Å²) >= 11 is 0. The van der Waals surface area contributed by atoms with Gasteiger partial charge in [0.05, 0.1) is 18.3 Å². The number of allylic oxidation sites excluding steroid dienone is 2. The maximum absolute atomic E-state index is 10.5. The molecule has 0 unspecified atom stereocenters. The second-order valence-electron chi connectivity index (χ2n) is 6.80. The van der Waals surface area contributed by atoms with Crippen LogP contribution < -0.4 is 0 Å². The minimum atomic E-state index is -0.722. The topological polar surface area (TPSA) is 55.8 Å². The highest BCUT2D eigenvalue weighted by Gasteiger charge is 2.48. The molecule has 2 bridgehead atoms. The highest BCUT2D eigenvalue weighted by atomic mass is 16.6. The number of carbonyl (C=O) groups is 1. The van der Waals surface area contributed by atoms with Gasteiger partial charge in [-0.05, 0) is 44.9 Å². The van der Waals surface area contributed by atoms with Crippen molar-refractivity contribution >= 4 is 5.97 Å². The van der Waals surface area contributed by atoms with Crippen molar-refractivity contribution < 1.29 is 19.4 Å². The van der Waals surface area contributed by atoms with Gasteiger partial charge in [0.2, 0.25) is 0 Å². The number of hydrogen-bond donors (Lipinski definition) is 1. The summed E-state index contributed by atoms with van der Waals surface area (Å²) in [5.74, 6) is 2.40. The van der Waals surface area contributed by atoms with E-state index in [0.717, 1.165) is 58.0 Å². The van der Waals surface area contributed by atoms with E-state index >= 15 is 0 Å². The van der Waals surface area contributed by atoms with Crippen LogP contribution in [0.2, 0.25) is 0 Å². The molecule has 2 heterocycles. The van der Waals surface area contributed by atoms with Crippen molar-refractivity contribution in [1.29, 1.82) is 0 Å². The van der Waals surface area contributed by atoms with Crippen molar-refractivity contribution in [2.24, 2.45) is 5.92 Å². The van der Waals surface area contributed by atoms with Gasteiger partial charge in [-0.25, -0.2) is 0 Å². The van der Waals surface area contributed by atoms with E-state index in [4.69, 9.17) is 21.0 Å². The molecule has 24 heavy (non-hydrogen) atoms. The van der Waals surface area contributed by atoms with E-state index in [2.05, 4.69) is 18.1 Å². The summed E-state index contributed by atoms with van der Waals surface area (Å²) in [5.41, 5.74) is 0. The molecule has 4 atom stereocenters. The molecule has 0 amide bonds. The van der Waals surface area contributed by atoms with Crippen LogP contribution in [0.4, 0.5) is 0 Å². The predicted octanol–water partition coefficient (Wildman–Crippen LogP) is 3.94. The number of carboxylic acid groups (broad SMARTS) is 1. The molecular formula is C20H30O4. The average molecular weight is 334 g/mol. The fourth-order valence-electron chi connectivity index (χ4n) is 3.72. The zero-order valence-electron chi connectivity index (χ0n) is 14.5. The van der Waals surface area contributed by atoms with Gasteiger partial charge in [0.25, 0.3) is 0 Å². The summed E-state index contributed by atoms with van der Waals surface area (Å²) in [6.07, 6.45) is 19.5. The van der Waals surface area contributed by atoms with Gasteiger partial charge < -0.3 is 14.6 Å². The van der Waals surface area contributed by atoms with Crippen molar-refractivity contribution in [2.75, 3.05) is 6.61 Å². The molecule has 1 N–H and O–H groups in total. The number of terminal acetylenes is 1. The number of aliphatic carboxylic acids is 1. The second kappa shape index (κ2) is 10.5. The lowest BCUT2D eigenvalue weighted by atomic mass is 9.84. The smallest absolute Gasteiger partial charge is 0.303 e. The first kappa shape index (κ1) is 19.0. The molecule has 0 aromatic carbocycles. The van der Waals surface area contributed by atoms with Crippen LogP contribution in [-0.4, -0.2) is 36.0 Å². The number of rotatable bonds is 12. The fraction of sp³-hybridized carbons (Fsp3) is 0.750. The number of ether oxygens (including phenoxy) is 2. The van der Waals surface area contributed by atoms with E-state index in [-0.39, 0.29) is 18.6 Å². The third-order valence-electron chi connectivity index (χ3n) is 4.96. The van der Waals surface area contributed by atoms with Gasteiger partial charge in [-0.1, -0.05) is 18.6 Å². The lowest BCUT2D eigenvalue weighted by Crippen LogP contribution is -2.34. The molecule has 0 aliphatic carbocycles. The Morgan fingerprint density at radius 3 is 2.83 bits per heavy atom. The third kappa shape index (κ3) is 5.96. The van der Waals surface area contributed by atoms with E-state index in [0.29, 0.717) is 18.4 Å². The quantitative estimate of drug-likeness (QED) is 0.334. The Balaban J connectivity index is 1.66. The Morgan fingerprint density at radius 1 is 1.21 bits per heavy atom. The summed E-state index contributed by atoms with van der Waals surface area (Å²) in [4.78, 5) is 10.5. The minimum absolute atomic E-state index is 0.222. The summed E-state index contributed by atoms with van der Waals surface area (Å²) in [6.45, 7) is 0.792. The standard InChI is InChI=1S/C20H30O4/c1-2-3-4-7-10-15-23-20-16(17-13-14-18(20)24-17)11-8-5-6-9-12-19(21)22/h1,5,8,16-18,20H,3-4,6-7,9-15H2,(H,21,22)/t16-,17+,18-,20-/m0/s1. The number of hydrogen-bond acceptors (Lipinski definition) is 3. The average Bonchev–Trinajstić information content (AvgIpc) is 3.15. The van der Waals surface area contributed by atoms with E-state index < -0.39 is 5.97 Å². The van der Waals surface area contributed by atoms with Crippen LogP contribution in [0, 0.1) is 18.3 Å². The Bertz CT molecular complexity index is 451. The van der Waals surface area contributed by atoms with Crippen LogP contribution >= 0.6 is 0 Å². The molecule has 0 aromatic heterocycles. The zero-order chi connectivity index (χ0) is 17.2. The van der Waals surface area contributed by atoms with Gasteiger partial charge in [-0.15, -0.1) is 12.3 Å². The summed E-state index contributed by atoms with van der Waals surface area (Å²) in [5, 5.41) is 8.63. The van der Waals surface area contributed by atoms with Gasteiger partial charge >= 0.3 is 5.97 Å². The van der Waals surface area contributed by atoms with Gasteiger partial charge in [0, 0.05) is 25.4 Å². The molecule has 4 nitrogen and oxygen atoms in total. The Hall–Kier alpha value is -1.31. The number of fused-ring (bicyclic) bond motifs is 2. The molecule has 0 radical (unpaired) electrons. The summed E-state index contributed by atoms with van der Waals surface area (Å²) < 4.78 is 12.2. The van der Waals surface area contributed by atoms with Gasteiger partial charge in [-0.2, -0.15) is 0 Å². The first-order valence-electron chi connectivity index (χ1n) is 9.29. The van der Waals surface area contributed by atoms with Crippen LogP contribution in [0.1, 0.15) is 64.2 Å². The highest BCUT2D eigenvalue weighted by Crippen LogP contribution is 2.42. The molecular weight excluding hydrogens is 304 g/mol. The maximum atomic E-state index is 10.5. The highest BCUT2D eigenvalue weighted by molar-refractivity contribution is 5.66. The van der Waals surface area contributed by atoms with E-state index in [9.17, 15) is 4.79 Å². The van der Waals surface area contributed by atoms with Crippen molar-refractivity contribution in [3.05, 3.63) is 12.2 Å². The van der Waals surface area contributed by atoms with Gasteiger partial charge in [0.15, 0.2) is 0 Å². The summed E-state index contributed by atoms with van der Waals surface area (Å²) in [6, 6.07) is 0. The molecule has 0 spiro atoms. The molecule has 0 aromatic rings. The Kier molecular flexibility index (Phi) is 8.35. The number of carboxylic acids is 1. The molecule has 2 saturated heterocycles. The van der Waals surface area contributed by atoms with Crippen molar-refractivity contribution in [2.45, 2.75) is 82.5 Å². The van der Waals surface area contributed by atoms with Crippen LogP contribution in [-0.2, 0) is 14.3 Å². The maximum Gasteiger partial charge on any atom is 0.303 e. The monoisotopic (exact) mass is 334 g/mol. The SMILES string of the molecule is C#CCCCCCO[C@H]1[C@@H](CC=CCCCC(=O)O)[C@H]2CC[C@@H]1O2. The fourth-order valence-corrected chi connectivity index (χ4v) is 3.72. The normalized spacial score (nSPS) is 28.5. The zero-order valence-corrected chi connectivity index (χ0v) is 14.5. The van der Waals surface area contributed by atoms with Crippen molar-refractivity contribution in [1.82, 2.24) is 0 Å². The third-order valence-corrected chi connectivity index (χ3v) is 4.96. The minimum Gasteiger partial charge on any atom is -0.481 e. The lowest BCUT2D eigenvalue weighted by Gasteiger charge is -2.27. The second-order valence-corrected chi connectivity index (χ2v) is 6.80. The Morgan fingerprint density at radius 2 is 2.04 bits per heavy atom. The molecule has 2 fully saturated rings. The first-order valence-corrected chi connectivity index (χ1v) is 9.29. The van der Waals surface area contributed by atoms with E-state index in [1.165, 1.54) is 0 Å². The van der Waals surface area contributed by atoms with Gasteiger partial charge in [-0.3, -0.25) is 4.79 Å². The molecule has 134 valence electrons. The molecule has 4 heteroatoms. The van der Waals surface area contributed by atoms with Gasteiger partial charge in [0.1, 0.15) is 0 Å². The molecule has 2 aliphatic rings. The van der Waals surface area contributed by atoms with Crippen LogP contribution in [0.25, 0.3) is 0 Å². The predicted molar refractivity (Wildman–Crippen MR) is 93.7 cm³/mol. The van der Waals surface area contributed by atoms with Crippen LogP contribution in [0.5, 0.6) is 0 Å². The largest absolute Gasteiger partial charge is 0.481 e. The number of unbranched alkanes of at least 4 members (excludes halogenated alkanes) is 4. The lowest BCUT2D eigenvalue weighted by molar-refractivity contribution is -0.137. The summed E-state index contributed by atoms with van der Waals surface area (Å²) in [7, 11) is 0. The molecule has 2 rings (SSSR count). The van der Waals surface area contributed by atoms with E-state index in [1.807, 2.05) is 0 Å². The molecule has 2 aliphatic heterocycles. The van der Waals surface area contributed by atoms with Crippen molar-refractivity contribution in [3.63, 3.8) is 0 Å². The van der Waals surface area contributed by atoms with Crippen LogP contribution in [0.3, 0.4) is 0 Å².